The van der Waals surface area contributed by atoms with E-state index >= 15 is 0 Å². The van der Waals surface area contributed by atoms with Crippen molar-refractivity contribution in [3.63, 3.8) is 0 Å². The maximum Gasteiger partial charge on any atom is 0.416 e. The van der Waals surface area contributed by atoms with E-state index in [0.717, 1.165) is 22.0 Å². The molecule has 1 aliphatic heterocycles. The number of ether oxygens (including phenoxy) is 1. The van der Waals surface area contributed by atoms with Crippen LogP contribution in [0.3, 0.4) is 0 Å². The molecule has 13 heteroatoms. The summed E-state index contributed by atoms with van der Waals surface area (Å²) in [6.45, 7) is 0.851. The van der Waals surface area contributed by atoms with E-state index in [1.165, 1.54) is 12.1 Å². The Morgan fingerprint density at radius 2 is 1.79 bits per heavy atom. The predicted molar refractivity (Wildman–Crippen MR) is 152 cm³/mol. The van der Waals surface area contributed by atoms with Gasteiger partial charge in [-0.1, -0.05) is 30.3 Å². The smallest absolute Gasteiger partial charge is 0.416 e. The van der Waals surface area contributed by atoms with Gasteiger partial charge in [-0.05, 0) is 73.4 Å². The zero-order chi connectivity index (χ0) is 30.8. The fourth-order valence-electron chi connectivity index (χ4n) is 4.73. The number of sulfonamides is 1. The molecule has 2 N–H and O–H groups in total. The van der Waals surface area contributed by atoms with Gasteiger partial charge in [0.25, 0.3) is 0 Å². The Hall–Kier alpha value is -4.36. The number of para-hydroxylation sites is 1. The fourth-order valence-corrected chi connectivity index (χ4v) is 6.41. The van der Waals surface area contributed by atoms with Gasteiger partial charge in [0.15, 0.2) is 0 Å². The van der Waals surface area contributed by atoms with Crippen LogP contribution in [0.4, 0.5) is 18.9 Å². The minimum atomic E-state index is -4.44. The molecule has 0 spiro atoms. The van der Waals surface area contributed by atoms with E-state index in [2.05, 4.69) is 10.3 Å². The van der Waals surface area contributed by atoms with Gasteiger partial charge in [-0.2, -0.15) is 17.5 Å². The molecule has 5 rings (SSSR count). The van der Waals surface area contributed by atoms with Crippen LogP contribution in [0.25, 0.3) is 11.5 Å². The Bertz CT molecular complexity index is 1700. The SMILES string of the molecule is Cc1oc(-c2ccc(C(F)(F)F)cc2)nc1COc1ccc(CN(CC(=O)O)S(=O)(=O)C2CCc3ccccc3N2)cc1. The number of benzene rings is 3. The van der Waals surface area contributed by atoms with Gasteiger partial charge < -0.3 is 19.6 Å². The second-order valence-electron chi connectivity index (χ2n) is 10.1. The second-order valence-corrected chi connectivity index (χ2v) is 12.2. The van der Waals surface area contributed by atoms with Gasteiger partial charge in [-0.25, -0.2) is 13.4 Å². The molecule has 1 atom stereocenters. The Labute approximate surface area is 246 Å². The number of rotatable bonds is 10. The van der Waals surface area contributed by atoms with E-state index in [-0.39, 0.29) is 19.0 Å². The van der Waals surface area contributed by atoms with Gasteiger partial charge in [0.2, 0.25) is 15.9 Å². The van der Waals surface area contributed by atoms with E-state index in [4.69, 9.17) is 9.15 Å². The van der Waals surface area contributed by atoms with Crippen molar-refractivity contribution in [2.75, 3.05) is 11.9 Å². The number of oxazole rings is 1. The molecule has 1 aromatic heterocycles. The van der Waals surface area contributed by atoms with Gasteiger partial charge in [0, 0.05) is 17.8 Å². The lowest BCUT2D eigenvalue weighted by Gasteiger charge is -2.31. The normalized spacial score (nSPS) is 15.1. The van der Waals surface area contributed by atoms with Crippen LogP contribution in [0.2, 0.25) is 0 Å². The van der Waals surface area contributed by atoms with Crippen molar-refractivity contribution in [3.8, 4) is 17.2 Å². The molecule has 226 valence electrons. The van der Waals surface area contributed by atoms with Crippen LogP contribution in [0.5, 0.6) is 5.75 Å². The summed E-state index contributed by atoms with van der Waals surface area (Å²) in [6, 6.07) is 18.4. The molecule has 0 saturated heterocycles. The third-order valence-electron chi connectivity index (χ3n) is 7.05. The third-order valence-corrected chi connectivity index (χ3v) is 9.10. The van der Waals surface area contributed by atoms with Crippen molar-refractivity contribution in [3.05, 3.63) is 101 Å². The number of aryl methyl sites for hydroxylation is 2. The third kappa shape index (κ3) is 7.00. The first-order valence-corrected chi connectivity index (χ1v) is 14.8. The minimum Gasteiger partial charge on any atom is -0.487 e. The summed E-state index contributed by atoms with van der Waals surface area (Å²) in [5, 5.41) is 11.5. The largest absolute Gasteiger partial charge is 0.487 e. The zero-order valence-electron chi connectivity index (χ0n) is 23.0. The van der Waals surface area contributed by atoms with Gasteiger partial charge in [0.1, 0.15) is 35.7 Å². The molecule has 4 aromatic rings. The van der Waals surface area contributed by atoms with E-state index in [1.54, 1.807) is 37.3 Å². The highest BCUT2D eigenvalue weighted by Crippen LogP contribution is 2.32. The van der Waals surface area contributed by atoms with Crippen LogP contribution in [0, 0.1) is 6.92 Å². The van der Waals surface area contributed by atoms with Crippen molar-refractivity contribution in [2.24, 2.45) is 0 Å². The molecule has 1 unspecified atom stereocenters. The lowest BCUT2D eigenvalue weighted by molar-refractivity contribution is -0.138. The molecular formula is C30H28F3N3O6S. The molecule has 0 fully saturated rings. The fraction of sp³-hybridized carbons (Fsp3) is 0.267. The lowest BCUT2D eigenvalue weighted by atomic mass is 10.0. The average Bonchev–Trinajstić information content (AvgIpc) is 3.35. The molecule has 3 aromatic carbocycles. The predicted octanol–water partition coefficient (Wildman–Crippen LogP) is 5.85. The van der Waals surface area contributed by atoms with Crippen molar-refractivity contribution < 1.29 is 40.6 Å². The summed E-state index contributed by atoms with van der Waals surface area (Å²) in [5.74, 6) is -0.213. The topological polar surface area (TPSA) is 122 Å². The van der Waals surface area contributed by atoms with Crippen LogP contribution in [0.15, 0.2) is 77.2 Å². The lowest BCUT2D eigenvalue weighted by Crippen LogP contribution is -2.45. The highest BCUT2D eigenvalue weighted by molar-refractivity contribution is 7.89. The van der Waals surface area contributed by atoms with Crippen LogP contribution < -0.4 is 10.1 Å². The quantitative estimate of drug-likeness (QED) is 0.228. The Morgan fingerprint density at radius 3 is 2.47 bits per heavy atom. The number of fused-ring (bicyclic) bond motifs is 1. The minimum absolute atomic E-state index is 0.0175. The number of anilines is 1. The first-order chi connectivity index (χ1) is 20.4. The average molecular weight is 616 g/mol. The van der Waals surface area contributed by atoms with Crippen molar-refractivity contribution in [1.82, 2.24) is 9.29 Å². The van der Waals surface area contributed by atoms with Gasteiger partial charge in [0.05, 0.1) is 5.56 Å². The number of aromatic nitrogens is 1. The maximum absolute atomic E-state index is 13.5. The van der Waals surface area contributed by atoms with Crippen LogP contribution in [-0.4, -0.2) is 40.7 Å². The summed E-state index contributed by atoms with van der Waals surface area (Å²) in [5.41, 5.74) is 2.36. The summed E-state index contributed by atoms with van der Waals surface area (Å²) in [4.78, 5) is 15.9. The molecule has 0 aliphatic carbocycles. The van der Waals surface area contributed by atoms with E-state index < -0.39 is 39.7 Å². The number of aliphatic carboxylic acids is 1. The van der Waals surface area contributed by atoms with Gasteiger partial charge >= 0.3 is 12.1 Å². The summed E-state index contributed by atoms with van der Waals surface area (Å²) in [7, 11) is -4.02. The first kappa shape index (κ1) is 30.1. The number of nitrogens with one attached hydrogen (secondary N) is 1. The number of hydrogen-bond acceptors (Lipinski definition) is 7. The Balaban J connectivity index is 1.23. The van der Waals surface area contributed by atoms with Gasteiger partial charge in [-0.3, -0.25) is 4.79 Å². The molecule has 43 heavy (non-hydrogen) atoms. The first-order valence-electron chi connectivity index (χ1n) is 13.3. The number of carboxylic acid groups (broad SMARTS) is 1. The highest BCUT2D eigenvalue weighted by atomic mass is 32.2. The van der Waals surface area contributed by atoms with Crippen LogP contribution in [0.1, 0.15) is 34.6 Å². The number of carbonyl (C=O) groups is 1. The summed E-state index contributed by atoms with van der Waals surface area (Å²) >= 11 is 0. The van der Waals surface area contributed by atoms with E-state index in [1.807, 2.05) is 18.2 Å². The molecule has 0 amide bonds. The Morgan fingerprint density at radius 1 is 1.09 bits per heavy atom. The van der Waals surface area contributed by atoms with Gasteiger partial charge in [-0.15, -0.1) is 0 Å². The molecule has 9 nitrogen and oxygen atoms in total. The molecule has 0 radical (unpaired) electrons. The van der Waals surface area contributed by atoms with Crippen molar-refractivity contribution in [1.29, 1.82) is 0 Å². The van der Waals surface area contributed by atoms with Crippen LogP contribution >= 0.6 is 0 Å². The number of halogens is 3. The van der Waals surface area contributed by atoms with E-state index in [0.29, 0.717) is 46.9 Å². The number of carboxylic acids is 1. The number of alkyl halides is 3. The molecular weight excluding hydrogens is 587 g/mol. The molecule has 1 aliphatic rings. The van der Waals surface area contributed by atoms with Crippen molar-refractivity contribution >= 4 is 21.7 Å². The summed E-state index contributed by atoms with van der Waals surface area (Å²) < 4.78 is 77.9. The monoisotopic (exact) mass is 615 g/mol. The number of nitrogens with zero attached hydrogens (tertiary/aromatic N) is 2. The number of hydrogen-bond donors (Lipinski definition) is 2. The zero-order valence-corrected chi connectivity index (χ0v) is 23.8. The second kappa shape index (κ2) is 12.1. The summed E-state index contributed by atoms with van der Waals surface area (Å²) in [6.07, 6.45) is -3.58. The molecule has 0 saturated carbocycles. The maximum atomic E-state index is 13.5. The molecule has 2 heterocycles. The standard InChI is InChI=1S/C30H28F3N3O6S/c1-19-26(35-29(42-19)22-8-11-23(12-9-22)30(31,32)33)18-41-24-13-6-20(7-14-24)16-36(17-28(37)38)43(39,40)27-15-10-21-4-2-3-5-25(21)34-27/h2-9,11-14,27,34H,10,15-18H2,1H3,(H,37,38). The van der Waals surface area contributed by atoms with Crippen LogP contribution in [-0.2, 0) is 40.6 Å². The molecule has 0 bridgehead atoms. The Kier molecular flexibility index (Phi) is 8.47. The van der Waals surface area contributed by atoms with Crippen molar-refractivity contribution in [2.45, 2.75) is 44.5 Å². The highest BCUT2D eigenvalue weighted by Gasteiger charge is 2.35. The van der Waals surface area contributed by atoms with E-state index in [9.17, 15) is 31.5 Å².